The molecule has 5 rings (SSSR count). The van der Waals surface area contributed by atoms with Crippen LogP contribution in [0.3, 0.4) is 0 Å². The first kappa shape index (κ1) is 27.6. The SMILES string of the molecule is CCc1cccc(CC)c1N1C(=O)C2C(c3cccc(C(F)(F)F)c3)NC(Cc3ccccc3)(C(=O)O)C2C1=O. The summed E-state index contributed by atoms with van der Waals surface area (Å²) in [6, 6.07) is 17.5. The van der Waals surface area contributed by atoms with Gasteiger partial charge >= 0.3 is 12.1 Å². The summed E-state index contributed by atoms with van der Waals surface area (Å²) in [4.78, 5) is 42.7. The van der Waals surface area contributed by atoms with Crippen LogP contribution in [-0.2, 0) is 39.8 Å². The molecule has 2 N–H and O–H groups in total. The number of carbonyl (C=O) groups excluding carboxylic acids is 2. The van der Waals surface area contributed by atoms with Crippen LogP contribution in [0, 0.1) is 11.8 Å². The normalized spacial score (nSPS) is 24.4. The van der Waals surface area contributed by atoms with E-state index in [0.29, 0.717) is 24.1 Å². The van der Waals surface area contributed by atoms with Gasteiger partial charge in [0.25, 0.3) is 0 Å². The Labute approximate surface area is 229 Å². The Morgan fingerprint density at radius 1 is 0.925 bits per heavy atom. The number of amides is 2. The predicted molar refractivity (Wildman–Crippen MR) is 143 cm³/mol. The molecule has 2 amide bonds. The van der Waals surface area contributed by atoms with E-state index in [2.05, 4.69) is 5.32 Å². The van der Waals surface area contributed by atoms with E-state index >= 15 is 0 Å². The number of nitrogens with zero attached hydrogens (tertiary/aromatic N) is 1. The third kappa shape index (κ3) is 4.38. The molecule has 3 aromatic carbocycles. The number of hydrogen-bond acceptors (Lipinski definition) is 4. The molecule has 2 saturated heterocycles. The summed E-state index contributed by atoms with van der Waals surface area (Å²) in [5, 5.41) is 13.7. The number of anilines is 1. The largest absolute Gasteiger partial charge is 0.480 e. The summed E-state index contributed by atoms with van der Waals surface area (Å²) < 4.78 is 40.9. The highest BCUT2D eigenvalue weighted by Crippen LogP contribution is 2.52. The predicted octanol–water partition coefficient (Wildman–Crippen LogP) is 5.35. The van der Waals surface area contributed by atoms with E-state index in [1.54, 1.807) is 30.3 Å². The fourth-order valence-electron chi connectivity index (χ4n) is 6.27. The maximum atomic E-state index is 14.3. The molecule has 0 aliphatic carbocycles. The quantitative estimate of drug-likeness (QED) is 0.388. The van der Waals surface area contributed by atoms with Gasteiger partial charge in [-0.05, 0) is 47.2 Å². The molecular weight excluding hydrogens is 521 g/mol. The van der Waals surface area contributed by atoms with E-state index in [1.807, 2.05) is 32.0 Å². The molecule has 6 nitrogen and oxygen atoms in total. The second-order valence-electron chi connectivity index (χ2n) is 10.3. The van der Waals surface area contributed by atoms with Crippen molar-refractivity contribution in [1.29, 1.82) is 0 Å². The minimum atomic E-state index is -4.64. The van der Waals surface area contributed by atoms with Crippen molar-refractivity contribution in [3.63, 3.8) is 0 Å². The number of nitrogens with one attached hydrogen (secondary N) is 1. The van der Waals surface area contributed by atoms with Crippen molar-refractivity contribution in [2.24, 2.45) is 11.8 Å². The first-order chi connectivity index (χ1) is 19.0. The van der Waals surface area contributed by atoms with Gasteiger partial charge in [-0.3, -0.25) is 19.7 Å². The monoisotopic (exact) mass is 550 g/mol. The van der Waals surface area contributed by atoms with Gasteiger partial charge in [-0.15, -0.1) is 0 Å². The molecular formula is C31H29F3N2O4. The number of fused-ring (bicyclic) bond motifs is 1. The first-order valence-corrected chi connectivity index (χ1v) is 13.2. The standard InChI is InChI=1S/C31H29F3N2O4/c1-3-19-12-8-13-20(4-2)26(19)36-27(37)23-24(28(36)38)30(29(39)40,17-18-10-6-5-7-11-18)35-25(23)21-14-9-15-22(16-21)31(32,33)34/h5-16,23-25,35H,3-4,17H2,1-2H3,(H,39,40). The molecule has 2 heterocycles. The highest BCUT2D eigenvalue weighted by molar-refractivity contribution is 6.25. The number of carboxylic acids is 1. The van der Waals surface area contributed by atoms with E-state index in [1.165, 1.54) is 12.1 Å². The van der Waals surface area contributed by atoms with Gasteiger partial charge in [-0.2, -0.15) is 13.2 Å². The van der Waals surface area contributed by atoms with Crippen LogP contribution in [0.5, 0.6) is 0 Å². The van der Waals surface area contributed by atoms with Crippen LogP contribution in [0.4, 0.5) is 18.9 Å². The van der Waals surface area contributed by atoms with Gasteiger partial charge in [0.05, 0.1) is 23.1 Å². The van der Waals surface area contributed by atoms with E-state index in [-0.39, 0.29) is 12.0 Å². The summed E-state index contributed by atoms with van der Waals surface area (Å²) in [7, 11) is 0. The van der Waals surface area contributed by atoms with E-state index in [9.17, 15) is 32.7 Å². The number of para-hydroxylation sites is 1. The topological polar surface area (TPSA) is 86.7 Å². The molecule has 0 bridgehead atoms. The lowest BCUT2D eigenvalue weighted by molar-refractivity contribution is -0.148. The third-order valence-electron chi connectivity index (χ3n) is 8.12. The fourth-order valence-corrected chi connectivity index (χ4v) is 6.27. The van der Waals surface area contributed by atoms with Gasteiger partial charge in [0.1, 0.15) is 5.54 Å². The van der Waals surface area contributed by atoms with Gasteiger partial charge in [0.15, 0.2) is 0 Å². The van der Waals surface area contributed by atoms with Crippen molar-refractivity contribution in [1.82, 2.24) is 5.32 Å². The highest BCUT2D eigenvalue weighted by atomic mass is 19.4. The molecule has 3 aromatic rings. The van der Waals surface area contributed by atoms with Crippen molar-refractivity contribution < 1.29 is 32.7 Å². The van der Waals surface area contributed by atoms with Crippen molar-refractivity contribution in [3.8, 4) is 0 Å². The Bertz CT molecular complexity index is 1450. The molecule has 40 heavy (non-hydrogen) atoms. The zero-order valence-corrected chi connectivity index (χ0v) is 22.0. The molecule has 0 saturated carbocycles. The lowest BCUT2D eigenvalue weighted by atomic mass is 9.76. The molecule has 0 radical (unpaired) electrons. The van der Waals surface area contributed by atoms with Crippen LogP contribution < -0.4 is 10.2 Å². The van der Waals surface area contributed by atoms with E-state index in [4.69, 9.17) is 0 Å². The van der Waals surface area contributed by atoms with Gasteiger partial charge < -0.3 is 5.11 Å². The number of carboxylic acid groups (broad SMARTS) is 1. The van der Waals surface area contributed by atoms with E-state index < -0.39 is 52.9 Å². The van der Waals surface area contributed by atoms with Gasteiger partial charge in [-0.25, -0.2) is 4.90 Å². The van der Waals surface area contributed by atoms with Crippen LogP contribution in [-0.4, -0.2) is 28.4 Å². The summed E-state index contributed by atoms with van der Waals surface area (Å²) >= 11 is 0. The fraction of sp³-hybridized carbons (Fsp3) is 0.323. The summed E-state index contributed by atoms with van der Waals surface area (Å²) in [6.45, 7) is 3.79. The third-order valence-corrected chi connectivity index (χ3v) is 8.12. The highest BCUT2D eigenvalue weighted by Gasteiger charge is 2.69. The number of alkyl halides is 3. The Balaban J connectivity index is 1.71. The van der Waals surface area contributed by atoms with Gasteiger partial charge in [0, 0.05) is 12.5 Å². The number of aryl methyl sites for hydroxylation is 2. The van der Waals surface area contributed by atoms with Crippen molar-refractivity contribution in [3.05, 3.63) is 101 Å². The minimum absolute atomic E-state index is 0.100. The average molecular weight is 551 g/mol. The van der Waals surface area contributed by atoms with Gasteiger partial charge in [0.2, 0.25) is 11.8 Å². The number of carbonyl (C=O) groups is 3. The number of rotatable bonds is 7. The Kier molecular flexibility index (Phi) is 7.04. The Morgan fingerprint density at radius 3 is 2.12 bits per heavy atom. The lowest BCUT2D eigenvalue weighted by Gasteiger charge is -2.32. The molecule has 0 spiro atoms. The summed E-state index contributed by atoms with van der Waals surface area (Å²) in [5.74, 6) is -5.18. The van der Waals surface area contributed by atoms with Crippen LogP contribution >= 0.6 is 0 Å². The van der Waals surface area contributed by atoms with Crippen molar-refractivity contribution in [2.75, 3.05) is 4.90 Å². The van der Waals surface area contributed by atoms with Crippen LogP contribution in [0.25, 0.3) is 0 Å². The van der Waals surface area contributed by atoms with E-state index in [0.717, 1.165) is 28.2 Å². The second kappa shape index (κ2) is 10.2. The number of halogens is 3. The maximum Gasteiger partial charge on any atom is 0.416 e. The Morgan fingerprint density at radius 2 is 1.55 bits per heavy atom. The van der Waals surface area contributed by atoms with Gasteiger partial charge in [-0.1, -0.05) is 74.5 Å². The molecule has 2 aliphatic rings. The van der Waals surface area contributed by atoms with Crippen LogP contribution in [0.2, 0.25) is 0 Å². The van der Waals surface area contributed by atoms with Crippen molar-refractivity contribution in [2.45, 2.75) is 50.9 Å². The van der Waals surface area contributed by atoms with Crippen molar-refractivity contribution >= 4 is 23.5 Å². The molecule has 9 heteroatoms. The Hall–Kier alpha value is -3.98. The molecule has 0 aromatic heterocycles. The van der Waals surface area contributed by atoms with Crippen LogP contribution in [0.1, 0.15) is 47.7 Å². The minimum Gasteiger partial charge on any atom is -0.480 e. The number of hydrogen-bond donors (Lipinski definition) is 2. The number of imide groups is 1. The summed E-state index contributed by atoms with van der Waals surface area (Å²) in [5.41, 5.74) is -0.176. The molecule has 4 atom stereocenters. The zero-order valence-electron chi connectivity index (χ0n) is 22.0. The molecule has 2 aliphatic heterocycles. The van der Waals surface area contributed by atoms with Crippen LogP contribution in [0.15, 0.2) is 72.8 Å². The zero-order chi connectivity index (χ0) is 28.8. The second-order valence-corrected chi connectivity index (χ2v) is 10.3. The smallest absolute Gasteiger partial charge is 0.416 e. The summed E-state index contributed by atoms with van der Waals surface area (Å²) in [6.07, 6.45) is -3.72. The number of benzene rings is 3. The maximum absolute atomic E-state index is 14.3. The molecule has 2 fully saturated rings. The lowest BCUT2D eigenvalue weighted by Crippen LogP contribution is -2.57. The first-order valence-electron chi connectivity index (χ1n) is 13.2. The number of aliphatic carboxylic acids is 1. The average Bonchev–Trinajstić information content (AvgIpc) is 3.42. The molecule has 4 unspecified atom stereocenters. The molecule has 208 valence electrons.